The monoisotopic (exact) mass is 698 g/mol. The van der Waals surface area contributed by atoms with Crippen LogP contribution in [0.25, 0.3) is 11.3 Å². The summed E-state index contributed by atoms with van der Waals surface area (Å²) >= 11 is 6.15. The molecule has 3 amide bonds. The molecule has 6 rings (SSSR count). The lowest BCUT2D eigenvalue weighted by Gasteiger charge is -2.37. The Hall–Kier alpha value is -6.40. The highest BCUT2D eigenvalue weighted by atomic mass is 35.5. The van der Waals surface area contributed by atoms with Gasteiger partial charge in [0, 0.05) is 47.2 Å². The molecular weight excluding hydrogens is 668 g/mol. The van der Waals surface area contributed by atoms with Gasteiger partial charge in [0.25, 0.3) is 11.8 Å². The number of hydrogen-bond acceptors (Lipinski definition) is 7. The number of carbonyl (C=O) groups is 3. The van der Waals surface area contributed by atoms with Crippen molar-refractivity contribution in [2.24, 2.45) is 7.05 Å². The molecule has 0 radical (unpaired) electrons. The molecule has 5 aromatic rings. The first-order valence-electron chi connectivity index (χ1n) is 15.9. The molecule has 1 aromatic heterocycles. The molecule has 0 bridgehead atoms. The maximum atomic E-state index is 14.1. The summed E-state index contributed by atoms with van der Waals surface area (Å²) in [6.45, 7) is 0.343. The number of aromatic hydroxyl groups is 1. The molecule has 12 heteroatoms. The largest absolute Gasteiger partial charge is 0.507 e. The van der Waals surface area contributed by atoms with Crippen LogP contribution in [0.5, 0.6) is 5.75 Å². The van der Waals surface area contributed by atoms with Crippen molar-refractivity contribution < 1.29 is 24.2 Å². The average molecular weight is 699 g/mol. The molecule has 4 aromatic carbocycles. The number of rotatable bonds is 7. The minimum atomic E-state index is -1.08. The van der Waals surface area contributed by atoms with E-state index in [0.29, 0.717) is 44.2 Å². The van der Waals surface area contributed by atoms with Gasteiger partial charge in [-0.3, -0.25) is 19.1 Å². The van der Waals surface area contributed by atoms with Crippen LogP contribution in [0.2, 0.25) is 5.02 Å². The van der Waals surface area contributed by atoms with Crippen LogP contribution in [0, 0.1) is 23.2 Å². The zero-order valence-electron chi connectivity index (χ0n) is 27.3. The molecule has 0 spiro atoms. The summed E-state index contributed by atoms with van der Waals surface area (Å²) in [6.07, 6.45) is 1.75. The summed E-state index contributed by atoms with van der Waals surface area (Å²) < 4.78 is 7.22. The van der Waals surface area contributed by atoms with Gasteiger partial charge in [0.1, 0.15) is 23.5 Å². The number of aryl methyl sites for hydroxylation is 1. The van der Waals surface area contributed by atoms with Crippen LogP contribution in [0.15, 0.2) is 103 Å². The van der Waals surface area contributed by atoms with E-state index in [9.17, 15) is 19.5 Å². The van der Waals surface area contributed by atoms with Gasteiger partial charge in [-0.05, 0) is 72.3 Å². The van der Waals surface area contributed by atoms with Crippen LogP contribution in [-0.2, 0) is 21.4 Å². The first-order chi connectivity index (χ1) is 24.7. The lowest BCUT2D eigenvalue weighted by Crippen LogP contribution is -2.57. The zero-order chi connectivity index (χ0) is 35.9. The standard InChI is InChI=1S/C39H31ClN6O5/c1-45-23-29(35(44-45)32-21-30(40)15-18-34(32)47)14-7-25-10-16-31(17-11-25)42-38(49)33-24-51-20-19-46(33)39(50)36(27-5-3-2-4-6-27)43-37(48)28-12-8-26(22-41)9-13-28/h2-6,8-13,15-18,21,23,33,36,47H,19-20,24H2,1H3,(H,42,49)(H,43,48)/t33-,36+/m0/s1. The molecule has 1 aliphatic rings. The Kier molecular flexibility index (Phi) is 10.4. The summed E-state index contributed by atoms with van der Waals surface area (Å²) in [5.41, 5.74) is 3.95. The van der Waals surface area contributed by atoms with Crippen LogP contribution < -0.4 is 10.6 Å². The minimum Gasteiger partial charge on any atom is -0.507 e. The normalized spacial score (nSPS) is 14.4. The van der Waals surface area contributed by atoms with E-state index >= 15 is 0 Å². The topological polar surface area (TPSA) is 150 Å². The maximum absolute atomic E-state index is 14.1. The van der Waals surface area contributed by atoms with Gasteiger partial charge in [0.05, 0.1) is 30.4 Å². The van der Waals surface area contributed by atoms with Crippen molar-refractivity contribution in [1.29, 1.82) is 5.26 Å². The molecule has 51 heavy (non-hydrogen) atoms. The van der Waals surface area contributed by atoms with Crippen molar-refractivity contribution in [3.8, 4) is 34.9 Å². The molecule has 1 aliphatic heterocycles. The third-order valence-electron chi connectivity index (χ3n) is 8.18. The quantitative estimate of drug-likeness (QED) is 0.201. The van der Waals surface area contributed by atoms with Gasteiger partial charge in [-0.15, -0.1) is 0 Å². The Bertz CT molecular complexity index is 2180. The SMILES string of the molecule is Cn1cc(C#Cc2ccc(NC(=O)[C@@H]3COCCN3C(=O)[C@H](NC(=O)c3ccc(C#N)cc3)c3ccccc3)cc2)c(-c2cc(Cl)ccc2O)n1. The second kappa shape index (κ2) is 15.4. The third-order valence-corrected chi connectivity index (χ3v) is 8.42. The molecule has 2 atom stereocenters. The Morgan fingerprint density at radius 3 is 2.43 bits per heavy atom. The summed E-state index contributed by atoms with van der Waals surface area (Å²) in [5.74, 6) is 4.82. The van der Waals surface area contributed by atoms with Gasteiger partial charge in [-0.25, -0.2) is 0 Å². The Morgan fingerprint density at radius 2 is 1.71 bits per heavy atom. The van der Waals surface area contributed by atoms with Crippen molar-refractivity contribution >= 4 is 35.0 Å². The smallest absolute Gasteiger partial charge is 0.252 e. The number of halogens is 1. The lowest BCUT2D eigenvalue weighted by atomic mass is 10.0. The molecular formula is C39H31ClN6O5. The van der Waals surface area contributed by atoms with Crippen molar-refractivity contribution in [2.45, 2.75) is 12.1 Å². The summed E-state index contributed by atoms with van der Waals surface area (Å²) in [4.78, 5) is 42.4. The number of benzene rings is 4. The number of morpholine rings is 1. The van der Waals surface area contributed by atoms with Crippen LogP contribution in [-0.4, -0.2) is 63.3 Å². The minimum absolute atomic E-state index is 0.0260. The van der Waals surface area contributed by atoms with E-state index in [2.05, 4.69) is 27.6 Å². The highest BCUT2D eigenvalue weighted by Crippen LogP contribution is 2.32. The van der Waals surface area contributed by atoms with E-state index in [0.717, 1.165) is 0 Å². The van der Waals surface area contributed by atoms with Crippen molar-refractivity contribution in [3.63, 3.8) is 0 Å². The van der Waals surface area contributed by atoms with Crippen LogP contribution in [0.4, 0.5) is 5.69 Å². The van der Waals surface area contributed by atoms with E-state index in [4.69, 9.17) is 21.6 Å². The van der Waals surface area contributed by atoms with E-state index in [1.54, 1.807) is 84.7 Å². The number of amides is 3. The van der Waals surface area contributed by atoms with E-state index in [1.165, 1.54) is 35.2 Å². The first-order valence-corrected chi connectivity index (χ1v) is 16.3. The number of nitrogens with one attached hydrogen (secondary N) is 2. The molecule has 0 saturated carbocycles. The number of phenols is 1. The average Bonchev–Trinajstić information content (AvgIpc) is 3.54. The van der Waals surface area contributed by atoms with Crippen molar-refractivity contribution in [2.75, 3.05) is 25.1 Å². The Labute approximate surface area is 299 Å². The van der Waals surface area contributed by atoms with E-state index in [1.807, 2.05) is 6.07 Å². The zero-order valence-corrected chi connectivity index (χ0v) is 28.1. The molecule has 3 N–H and O–H groups in total. The number of aromatic nitrogens is 2. The third kappa shape index (κ3) is 8.09. The number of nitriles is 1. The van der Waals surface area contributed by atoms with Crippen molar-refractivity contribution in [3.05, 3.63) is 136 Å². The second-order valence-electron chi connectivity index (χ2n) is 11.7. The number of anilines is 1. The molecule has 2 heterocycles. The molecule has 11 nitrogen and oxygen atoms in total. The maximum Gasteiger partial charge on any atom is 0.252 e. The van der Waals surface area contributed by atoms with Gasteiger partial charge in [0.15, 0.2) is 0 Å². The number of carbonyl (C=O) groups excluding carboxylic acids is 3. The van der Waals surface area contributed by atoms with Crippen molar-refractivity contribution in [1.82, 2.24) is 20.0 Å². The van der Waals surface area contributed by atoms with Crippen LogP contribution in [0.3, 0.4) is 0 Å². The molecule has 0 unspecified atom stereocenters. The second-order valence-corrected chi connectivity index (χ2v) is 12.1. The Morgan fingerprint density at radius 1 is 0.980 bits per heavy atom. The first kappa shape index (κ1) is 34.5. The van der Waals surface area contributed by atoms with Crippen LogP contribution in [0.1, 0.15) is 38.7 Å². The number of nitrogens with zero attached hydrogens (tertiary/aromatic N) is 4. The van der Waals surface area contributed by atoms with Crippen LogP contribution >= 0.6 is 11.6 Å². The molecule has 1 fully saturated rings. The van der Waals surface area contributed by atoms with Gasteiger partial charge >= 0.3 is 0 Å². The highest BCUT2D eigenvalue weighted by Gasteiger charge is 2.37. The van der Waals surface area contributed by atoms with E-state index in [-0.39, 0.29) is 31.1 Å². The lowest BCUT2D eigenvalue weighted by molar-refractivity contribution is -0.148. The molecule has 0 aliphatic carbocycles. The summed E-state index contributed by atoms with van der Waals surface area (Å²) in [6, 6.07) is 26.5. The van der Waals surface area contributed by atoms with Gasteiger partial charge in [-0.2, -0.15) is 10.4 Å². The highest BCUT2D eigenvalue weighted by molar-refractivity contribution is 6.31. The molecule has 254 valence electrons. The molecule has 1 saturated heterocycles. The van der Waals surface area contributed by atoms with Gasteiger partial charge in [-0.1, -0.05) is 53.8 Å². The Balaban J connectivity index is 1.17. The number of phenolic OH excluding ortho intramolecular Hbond substituents is 1. The van der Waals surface area contributed by atoms with Gasteiger partial charge < -0.3 is 25.4 Å². The van der Waals surface area contributed by atoms with E-state index < -0.39 is 29.8 Å². The summed E-state index contributed by atoms with van der Waals surface area (Å²) in [7, 11) is 1.76. The predicted molar refractivity (Wildman–Crippen MR) is 190 cm³/mol. The number of hydrogen-bond donors (Lipinski definition) is 3. The van der Waals surface area contributed by atoms with Gasteiger partial charge in [0.2, 0.25) is 5.91 Å². The predicted octanol–water partition coefficient (Wildman–Crippen LogP) is 5.05. The fourth-order valence-corrected chi connectivity index (χ4v) is 5.75. The summed E-state index contributed by atoms with van der Waals surface area (Å²) in [5, 5.41) is 30.1. The fraction of sp³-hybridized carbons (Fsp3) is 0.154. The number of ether oxygens (including phenoxy) is 1. The fourth-order valence-electron chi connectivity index (χ4n) is 5.57.